The Balaban J connectivity index is 1.72. The topological polar surface area (TPSA) is 109 Å². The molecule has 0 aliphatic carbocycles. The Labute approximate surface area is 187 Å². The summed E-state index contributed by atoms with van der Waals surface area (Å²) in [5, 5.41) is 10.7. The zero-order valence-corrected chi connectivity index (χ0v) is 17.4. The van der Waals surface area contributed by atoms with Crippen molar-refractivity contribution in [2.75, 3.05) is 42.3 Å². The minimum Gasteiger partial charge on any atom is -0.406 e. The number of hydrogen-bond acceptors (Lipinski definition) is 8. The maximum absolute atomic E-state index is 12.7. The van der Waals surface area contributed by atoms with Crippen molar-refractivity contribution in [1.29, 1.82) is 5.41 Å². The minimum absolute atomic E-state index is 0.338. The van der Waals surface area contributed by atoms with Gasteiger partial charge in [0.15, 0.2) is 0 Å². The van der Waals surface area contributed by atoms with Gasteiger partial charge in [-0.1, -0.05) is 12.1 Å². The second-order valence-corrected chi connectivity index (χ2v) is 7.23. The predicted molar refractivity (Wildman–Crippen MR) is 119 cm³/mol. The molecule has 0 atom stereocenters. The van der Waals surface area contributed by atoms with Gasteiger partial charge in [-0.2, -0.15) is 4.98 Å². The van der Waals surface area contributed by atoms with Crippen LogP contribution in [0.25, 0.3) is 11.3 Å². The molecule has 0 saturated carbocycles. The number of aromatic nitrogens is 2. The number of nitrogens with zero attached hydrogens (tertiary/aromatic N) is 3. The number of ether oxygens (including phenoxy) is 2. The van der Waals surface area contributed by atoms with Gasteiger partial charge in [-0.15, -0.1) is 13.2 Å². The van der Waals surface area contributed by atoms with Crippen molar-refractivity contribution < 1.29 is 22.6 Å². The molecular formula is C22H21F3N6O2. The van der Waals surface area contributed by atoms with Gasteiger partial charge in [0, 0.05) is 47.9 Å². The molecule has 1 aliphatic rings. The third kappa shape index (κ3) is 5.69. The molecule has 1 aromatic heterocycles. The van der Waals surface area contributed by atoms with E-state index in [0.717, 1.165) is 6.21 Å². The van der Waals surface area contributed by atoms with Crippen molar-refractivity contribution in [3.8, 4) is 17.0 Å². The van der Waals surface area contributed by atoms with E-state index in [0.29, 0.717) is 66.3 Å². The zero-order chi connectivity index (χ0) is 23.4. The molecule has 33 heavy (non-hydrogen) atoms. The molecular weight excluding hydrogens is 437 g/mol. The number of nitrogen functional groups attached to an aromatic ring is 1. The third-order valence-electron chi connectivity index (χ3n) is 4.89. The molecule has 0 bridgehead atoms. The first-order chi connectivity index (χ1) is 15.8. The van der Waals surface area contributed by atoms with Crippen LogP contribution < -0.4 is 20.7 Å². The molecule has 3 aromatic rings. The maximum atomic E-state index is 12.7. The average Bonchev–Trinajstić information content (AvgIpc) is 2.80. The molecule has 1 saturated heterocycles. The van der Waals surface area contributed by atoms with Crippen LogP contribution in [0.2, 0.25) is 0 Å². The normalized spacial score (nSPS) is 14.1. The molecule has 2 aromatic carbocycles. The van der Waals surface area contributed by atoms with E-state index in [2.05, 4.69) is 20.0 Å². The van der Waals surface area contributed by atoms with Crippen LogP contribution in [0.5, 0.6) is 5.75 Å². The first kappa shape index (κ1) is 22.3. The summed E-state index contributed by atoms with van der Waals surface area (Å²) in [7, 11) is 0. The van der Waals surface area contributed by atoms with Gasteiger partial charge in [-0.25, -0.2) is 4.98 Å². The highest BCUT2D eigenvalue weighted by molar-refractivity contribution is 5.87. The molecule has 4 rings (SSSR count). The second-order valence-electron chi connectivity index (χ2n) is 7.23. The van der Waals surface area contributed by atoms with Crippen LogP contribution in [0.4, 0.5) is 36.3 Å². The molecule has 4 N–H and O–H groups in total. The summed E-state index contributed by atoms with van der Waals surface area (Å²) in [6.45, 7) is 2.21. The van der Waals surface area contributed by atoms with E-state index < -0.39 is 6.36 Å². The summed E-state index contributed by atoms with van der Waals surface area (Å²) in [6.07, 6.45) is -3.64. The molecule has 8 nitrogen and oxygen atoms in total. The first-order valence-corrected chi connectivity index (χ1v) is 10.1. The van der Waals surface area contributed by atoms with Gasteiger partial charge < -0.3 is 30.8 Å². The monoisotopic (exact) mass is 458 g/mol. The van der Waals surface area contributed by atoms with Crippen molar-refractivity contribution in [3.05, 3.63) is 54.1 Å². The molecule has 0 spiro atoms. The maximum Gasteiger partial charge on any atom is 0.573 e. The molecule has 0 unspecified atom stereocenters. The minimum atomic E-state index is -4.79. The number of alkyl halides is 3. The number of hydrogen-bond donors (Lipinski definition) is 3. The highest BCUT2D eigenvalue weighted by atomic mass is 19.4. The van der Waals surface area contributed by atoms with Crippen molar-refractivity contribution in [1.82, 2.24) is 9.97 Å². The molecule has 0 amide bonds. The van der Waals surface area contributed by atoms with Crippen molar-refractivity contribution in [2.45, 2.75) is 6.36 Å². The van der Waals surface area contributed by atoms with Gasteiger partial charge in [0.05, 0.1) is 18.9 Å². The number of rotatable bonds is 6. The Morgan fingerprint density at radius 2 is 1.88 bits per heavy atom. The van der Waals surface area contributed by atoms with E-state index in [4.69, 9.17) is 15.9 Å². The van der Waals surface area contributed by atoms with Gasteiger partial charge in [0.1, 0.15) is 11.6 Å². The molecule has 2 heterocycles. The Bertz CT molecular complexity index is 1150. The summed E-state index contributed by atoms with van der Waals surface area (Å²) in [4.78, 5) is 11.1. The molecule has 11 heteroatoms. The molecule has 1 fully saturated rings. The summed E-state index contributed by atoms with van der Waals surface area (Å²) < 4.78 is 47.5. The molecule has 1 aliphatic heterocycles. The van der Waals surface area contributed by atoms with Crippen molar-refractivity contribution in [2.24, 2.45) is 0 Å². The fraction of sp³-hybridized carbons (Fsp3) is 0.227. The fourth-order valence-corrected chi connectivity index (χ4v) is 3.33. The predicted octanol–water partition coefficient (Wildman–Crippen LogP) is 4.20. The lowest BCUT2D eigenvalue weighted by Crippen LogP contribution is -2.37. The first-order valence-electron chi connectivity index (χ1n) is 10.1. The number of nitrogens with two attached hydrogens (primary N) is 1. The van der Waals surface area contributed by atoms with Crippen LogP contribution in [-0.2, 0) is 4.74 Å². The summed E-state index contributed by atoms with van der Waals surface area (Å²) in [5.74, 6) is 0.516. The quantitative estimate of drug-likeness (QED) is 0.375. The summed E-state index contributed by atoms with van der Waals surface area (Å²) in [6, 6.07) is 12.4. The van der Waals surface area contributed by atoms with E-state index in [1.165, 1.54) is 18.2 Å². The number of halogens is 3. The molecule has 172 valence electrons. The Hall–Kier alpha value is -3.86. The fourth-order valence-electron chi connectivity index (χ4n) is 3.33. The molecule has 0 radical (unpaired) electrons. The van der Waals surface area contributed by atoms with Crippen LogP contribution in [0.15, 0.2) is 48.5 Å². The van der Waals surface area contributed by atoms with Crippen LogP contribution in [0, 0.1) is 5.41 Å². The van der Waals surface area contributed by atoms with Crippen LogP contribution in [0.3, 0.4) is 0 Å². The van der Waals surface area contributed by atoms with Gasteiger partial charge in [0.2, 0.25) is 5.95 Å². The Morgan fingerprint density at radius 3 is 2.61 bits per heavy atom. The second kappa shape index (κ2) is 9.33. The lowest BCUT2D eigenvalue weighted by Gasteiger charge is -2.27. The van der Waals surface area contributed by atoms with E-state index in [1.807, 2.05) is 4.90 Å². The van der Waals surface area contributed by atoms with E-state index in [9.17, 15) is 13.2 Å². The Morgan fingerprint density at radius 1 is 1.09 bits per heavy atom. The standard InChI is InChI=1S/C22H21F3N6O2/c23-22(24,25)33-17-3-1-2-14(11-17)19-12-20(28-16-4-5-18(27)15(10-16)13-26)30-21(29-19)31-6-8-32-9-7-31/h1-5,10-13,26H,6-9,27H2,(H,28,29,30). The number of morpholine rings is 1. The highest BCUT2D eigenvalue weighted by Gasteiger charge is 2.31. The third-order valence-corrected chi connectivity index (χ3v) is 4.89. The van der Waals surface area contributed by atoms with E-state index >= 15 is 0 Å². The lowest BCUT2D eigenvalue weighted by molar-refractivity contribution is -0.274. The number of benzene rings is 2. The SMILES string of the molecule is N=Cc1cc(Nc2cc(-c3cccc(OC(F)(F)F)c3)nc(N3CCOCC3)n2)ccc1N. The van der Waals surface area contributed by atoms with Crippen molar-refractivity contribution >= 4 is 29.4 Å². The average molecular weight is 458 g/mol. The lowest BCUT2D eigenvalue weighted by atomic mass is 10.1. The van der Waals surface area contributed by atoms with Crippen molar-refractivity contribution in [3.63, 3.8) is 0 Å². The Kier molecular flexibility index (Phi) is 6.31. The summed E-state index contributed by atoms with van der Waals surface area (Å²) >= 11 is 0. The number of anilines is 4. The van der Waals surface area contributed by atoms with Gasteiger partial charge in [-0.05, 0) is 30.3 Å². The number of nitrogens with one attached hydrogen (secondary N) is 2. The van der Waals surface area contributed by atoms with Gasteiger partial charge >= 0.3 is 6.36 Å². The largest absolute Gasteiger partial charge is 0.573 e. The zero-order valence-electron chi connectivity index (χ0n) is 17.4. The van der Waals surface area contributed by atoms with Gasteiger partial charge in [-0.3, -0.25) is 0 Å². The highest BCUT2D eigenvalue weighted by Crippen LogP contribution is 2.30. The van der Waals surface area contributed by atoms with Crippen LogP contribution >= 0.6 is 0 Å². The van der Waals surface area contributed by atoms with Crippen LogP contribution in [0.1, 0.15) is 5.56 Å². The van der Waals surface area contributed by atoms with E-state index in [1.54, 1.807) is 30.3 Å². The van der Waals surface area contributed by atoms with Crippen LogP contribution in [-0.4, -0.2) is 48.8 Å². The van der Waals surface area contributed by atoms with E-state index in [-0.39, 0.29) is 5.75 Å². The smallest absolute Gasteiger partial charge is 0.406 e. The van der Waals surface area contributed by atoms with Gasteiger partial charge in [0.25, 0.3) is 0 Å². The summed E-state index contributed by atoms with van der Waals surface area (Å²) in [5.41, 5.74) is 8.37.